The number of hydrogen-bond donors (Lipinski definition) is 2. The molecule has 21 heavy (non-hydrogen) atoms. The zero-order valence-corrected chi connectivity index (χ0v) is 12.4. The fourth-order valence-electron chi connectivity index (χ4n) is 2.73. The molecule has 5 nitrogen and oxygen atoms in total. The molecule has 1 aromatic carbocycles. The van der Waals surface area contributed by atoms with Crippen molar-refractivity contribution in [3.63, 3.8) is 0 Å². The molecule has 1 saturated heterocycles. The highest BCUT2D eigenvalue weighted by Crippen LogP contribution is 2.19. The average molecular weight is 289 g/mol. The minimum Gasteiger partial charge on any atom is -0.369 e. The number of hydrogen-bond acceptors (Lipinski definition) is 3. The summed E-state index contributed by atoms with van der Waals surface area (Å²) in [5, 5.41) is 3.07. The van der Waals surface area contributed by atoms with E-state index in [0.717, 1.165) is 31.5 Å². The van der Waals surface area contributed by atoms with Gasteiger partial charge in [0, 0.05) is 5.92 Å². The van der Waals surface area contributed by atoms with Gasteiger partial charge in [-0.3, -0.25) is 14.5 Å². The van der Waals surface area contributed by atoms with Gasteiger partial charge in [-0.15, -0.1) is 0 Å². The summed E-state index contributed by atoms with van der Waals surface area (Å²) in [4.78, 5) is 25.2. The van der Waals surface area contributed by atoms with Crippen LogP contribution < -0.4 is 11.1 Å². The van der Waals surface area contributed by atoms with Crippen molar-refractivity contribution in [3.8, 4) is 0 Å². The highest BCUT2D eigenvalue weighted by molar-refractivity contribution is 5.79. The van der Waals surface area contributed by atoms with Crippen LogP contribution in [0.3, 0.4) is 0 Å². The van der Waals surface area contributed by atoms with Gasteiger partial charge in [0.25, 0.3) is 0 Å². The second-order valence-corrected chi connectivity index (χ2v) is 5.66. The van der Waals surface area contributed by atoms with Gasteiger partial charge in [-0.2, -0.15) is 0 Å². The van der Waals surface area contributed by atoms with Crippen molar-refractivity contribution < 1.29 is 9.59 Å². The van der Waals surface area contributed by atoms with Crippen LogP contribution in [0.2, 0.25) is 0 Å². The van der Waals surface area contributed by atoms with Gasteiger partial charge < -0.3 is 11.1 Å². The molecule has 0 aliphatic carbocycles. The Hall–Kier alpha value is -1.88. The Balaban J connectivity index is 1.81. The third kappa shape index (κ3) is 4.56. The van der Waals surface area contributed by atoms with Crippen LogP contribution in [0.15, 0.2) is 30.3 Å². The Bertz CT molecular complexity index is 482. The fraction of sp³-hybridized carbons (Fsp3) is 0.500. The van der Waals surface area contributed by atoms with Crippen LogP contribution in [0.5, 0.6) is 0 Å². The maximum absolute atomic E-state index is 12.3. The highest BCUT2D eigenvalue weighted by Gasteiger charge is 2.26. The lowest BCUT2D eigenvalue weighted by Crippen LogP contribution is -2.43. The summed E-state index contributed by atoms with van der Waals surface area (Å²) in [5.74, 6) is -0.180. The van der Waals surface area contributed by atoms with Crippen molar-refractivity contribution in [1.82, 2.24) is 10.2 Å². The number of rotatable bonds is 5. The van der Waals surface area contributed by atoms with E-state index >= 15 is 0 Å². The van der Waals surface area contributed by atoms with Crippen molar-refractivity contribution >= 4 is 11.8 Å². The first-order valence-corrected chi connectivity index (χ1v) is 7.42. The van der Waals surface area contributed by atoms with E-state index in [2.05, 4.69) is 5.32 Å². The number of nitrogens with one attached hydrogen (secondary N) is 1. The van der Waals surface area contributed by atoms with E-state index in [1.165, 1.54) is 0 Å². The molecule has 1 aromatic rings. The number of nitrogens with zero attached hydrogens (tertiary/aromatic N) is 1. The lowest BCUT2D eigenvalue weighted by molar-refractivity contribution is -0.127. The predicted molar refractivity (Wildman–Crippen MR) is 81.4 cm³/mol. The first-order chi connectivity index (χ1) is 10.1. The van der Waals surface area contributed by atoms with E-state index in [0.29, 0.717) is 0 Å². The van der Waals surface area contributed by atoms with Crippen LogP contribution in [0.25, 0.3) is 0 Å². The average Bonchev–Trinajstić information content (AvgIpc) is 2.48. The molecule has 0 radical (unpaired) electrons. The van der Waals surface area contributed by atoms with Crippen LogP contribution in [0, 0.1) is 5.92 Å². The molecule has 0 bridgehead atoms. The molecule has 2 rings (SSSR count). The third-order valence-corrected chi connectivity index (χ3v) is 4.00. The number of amides is 2. The molecule has 1 unspecified atom stereocenters. The molecule has 1 aliphatic rings. The van der Waals surface area contributed by atoms with E-state index in [1.807, 2.05) is 42.2 Å². The lowest BCUT2D eigenvalue weighted by Gasteiger charge is -2.31. The Kier molecular flexibility index (Phi) is 5.33. The fourth-order valence-corrected chi connectivity index (χ4v) is 2.73. The zero-order valence-electron chi connectivity index (χ0n) is 12.4. The van der Waals surface area contributed by atoms with E-state index < -0.39 is 0 Å². The Morgan fingerprint density at radius 2 is 1.90 bits per heavy atom. The minimum absolute atomic E-state index is 0.0161. The van der Waals surface area contributed by atoms with Gasteiger partial charge in [-0.25, -0.2) is 0 Å². The van der Waals surface area contributed by atoms with E-state index in [9.17, 15) is 9.59 Å². The lowest BCUT2D eigenvalue weighted by atomic mass is 9.95. The molecule has 0 aromatic heterocycles. The van der Waals surface area contributed by atoms with Gasteiger partial charge in [0.1, 0.15) is 0 Å². The van der Waals surface area contributed by atoms with Crippen LogP contribution in [-0.4, -0.2) is 36.3 Å². The molecule has 5 heteroatoms. The predicted octanol–water partition coefficient (Wildman–Crippen LogP) is 1.06. The van der Waals surface area contributed by atoms with Crippen molar-refractivity contribution in [2.75, 3.05) is 19.6 Å². The van der Waals surface area contributed by atoms with Gasteiger partial charge >= 0.3 is 0 Å². The monoisotopic (exact) mass is 289 g/mol. The molecule has 1 heterocycles. The molecular weight excluding hydrogens is 266 g/mol. The molecule has 1 atom stereocenters. The molecule has 2 amide bonds. The normalized spacial score (nSPS) is 18.1. The van der Waals surface area contributed by atoms with Crippen molar-refractivity contribution in [2.45, 2.75) is 25.8 Å². The number of primary amides is 1. The van der Waals surface area contributed by atoms with E-state index in [-0.39, 0.29) is 30.3 Å². The van der Waals surface area contributed by atoms with Gasteiger partial charge in [-0.1, -0.05) is 30.3 Å². The standard InChI is InChI=1S/C16H23N3O2/c1-12(13-5-3-2-4-6-13)18-16(21)14-7-9-19(10-8-14)11-15(17)20/h2-6,12,14H,7-11H2,1H3,(H2,17,20)(H,18,21). The SMILES string of the molecule is CC(NC(=O)C1CCN(CC(N)=O)CC1)c1ccccc1. The van der Waals surface area contributed by atoms with Gasteiger partial charge in [0.15, 0.2) is 0 Å². The van der Waals surface area contributed by atoms with Gasteiger partial charge in [-0.05, 0) is 38.4 Å². The second kappa shape index (κ2) is 7.22. The Morgan fingerprint density at radius 1 is 1.29 bits per heavy atom. The van der Waals surface area contributed by atoms with Crippen molar-refractivity contribution in [2.24, 2.45) is 11.7 Å². The minimum atomic E-state index is -0.310. The quantitative estimate of drug-likeness (QED) is 0.851. The summed E-state index contributed by atoms with van der Waals surface area (Å²) in [6, 6.07) is 9.95. The van der Waals surface area contributed by atoms with Crippen LogP contribution >= 0.6 is 0 Å². The molecule has 0 spiro atoms. The summed E-state index contributed by atoms with van der Waals surface area (Å²) in [6.07, 6.45) is 1.56. The molecule has 114 valence electrons. The summed E-state index contributed by atoms with van der Waals surface area (Å²) >= 11 is 0. The van der Waals surface area contributed by atoms with Crippen LogP contribution in [0.1, 0.15) is 31.4 Å². The molecule has 1 aliphatic heterocycles. The maximum atomic E-state index is 12.3. The zero-order chi connectivity index (χ0) is 15.2. The van der Waals surface area contributed by atoms with Crippen molar-refractivity contribution in [1.29, 1.82) is 0 Å². The highest BCUT2D eigenvalue weighted by atomic mass is 16.2. The number of carbonyl (C=O) groups is 2. The van der Waals surface area contributed by atoms with E-state index in [4.69, 9.17) is 5.73 Å². The largest absolute Gasteiger partial charge is 0.369 e. The van der Waals surface area contributed by atoms with Gasteiger partial charge in [0.05, 0.1) is 12.6 Å². The number of carbonyl (C=O) groups excluding carboxylic acids is 2. The number of benzene rings is 1. The number of piperidine rings is 1. The summed E-state index contributed by atoms with van der Waals surface area (Å²) in [5.41, 5.74) is 6.30. The van der Waals surface area contributed by atoms with Crippen molar-refractivity contribution in [3.05, 3.63) is 35.9 Å². The summed E-state index contributed by atoms with van der Waals surface area (Å²) in [6.45, 7) is 3.78. The molecule has 3 N–H and O–H groups in total. The maximum Gasteiger partial charge on any atom is 0.231 e. The van der Waals surface area contributed by atoms with Crippen LogP contribution in [0.4, 0.5) is 0 Å². The summed E-state index contributed by atoms with van der Waals surface area (Å²) in [7, 11) is 0. The number of likely N-dealkylation sites (tertiary alicyclic amines) is 1. The Morgan fingerprint density at radius 3 is 2.48 bits per heavy atom. The smallest absolute Gasteiger partial charge is 0.231 e. The van der Waals surface area contributed by atoms with E-state index in [1.54, 1.807) is 0 Å². The number of nitrogens with two attached hydrogens (primary N) is 1. The molecule has 1 fully saturated rings. The topological polar surface area (TPSA) is 75.4 Å². The third-order valence-electron chi connectivity index (χ3n) is 4.00. The first kappa shape index (κ1) is 15.5. The molecule has 0 saturated carbocycles. The van der Waals surface area contributed by atoms with Crippen LogP contribution in [-0.2, 0) is 9.59 Å². The summed E-state index contributed by atoms with van der Waals surface area (Å²) < 4.78 is 0. The molecular formula is C16H23N3O2. The second-order valence-electron chi connectivity index (χ2n) is 5.66. The Labute approximate surface area is 125 Å². The van der Waals surface area contributed by atoms with Gasteiger partial charge in [0.2, 0.25) is 11.8 Å². The first-order valence-electron chi connectivity index (χ1n) is 7.42.